The zero-order valence-electron chi connectivity index (χ0n) is 14.5. The predicted octanol–water partition coefficient (Wildman–Crippen LogP) is 4.45. The van der Waals surface area contributed by atoms with Crippen LogP contribution in [0.25, 0.3) is 11.4 Å². The molecule has 0 spiro atoms. The lowest BCUT2D eigenvalue weighted by Crippen LogP contribution is -2.12. The van der Waals surface area contributed by atoms with E-state index in [1.54, 1.807) is 11.8 Å². The molecule has 1 amide bonds. The molecule has 0 aliphatic heterocycles. The van der Waals surface area contributed by atoms with Crippen LogP contribution in [0, 0.1) is 0 Å². The summed E-state index contributed by atoms with van der Waals surface area (Å²) in [7, 11) is 0. The van der Waals surface area contributed by atoms with E-state index in [2.05, 4.69) is 20.8 Å². The maximum absolute atomic E-state index is 12.2. The molecule has 8 heteroatoms. The van der Waals surface area contributed by atoms with E-state index < -0.39 is 0 Å². The minimum atomic E-state index is -0.0181. The molecule has 2 aromatic carbocycles. The average molecular weight is 400 g/mol. The van der Waals surface area contributed by atoms with Crippen LogP contribution < -0.4 is 5.32 Å². The van der Waals surface area contributed by atoms with Crippen LogP contribution in [-0.4, -0.2) is 31.9 Å². The van der Waals surface area contributed by atoms with Gasteiger partial charge in [0.05, 0.1) is 6.04 Å². The van der Waals surface area contributed by atoms with Gasteiger partial charge in [-0.3, -0.25) is 4.79 Å². The van der Waals surface area contributed by atoms with E-state index in [4.69, 9.17) is 11.6 Å². The summed E-state index contributed by atoms with van der Waals surface area (Å²) in [4.78, 5) is 13.3. The number of nitrogens with zero attached hydrogens (tertiary/aromatic N) is 4. The van der Waals surface area contributed by atoms with Crippen molar-refractivity contribution in [1.82, 2.24) is 20.2 Å². The zero-order valence-corrected chi connectivity index (χ0v) is 16.1. The highest BCUT2D eigenvalue weighted by Crippen LogP contribution is 2.36. The number of anilines is 1. The molecular weight excluding hydrogens is 382 g/mol. The summed E-state index contributed by atoms with van der Waals surface area (Å²) in [6.45, 7) is 0. The van der Waals surface area contributed by atoms with Crippen LogP contribution in [0.15, 0.2) is 53.4 Å². The van der Waals surface area contributed by atoms with E-state index in [1.807, 2.05) is 53.2 Å². The molecule has 0 bridgehead atoms. The molecule has 6 nitrogen and oxygen atoms in total. The third kappa shape index (κ3) is 4.67. The molecule has 1 aromatic heterocycles. The van der Waals surface area contributed by atoms with E-state index in [0.717, 1.165) is 34.8 Å². The molecule has 0 saturated heterocycles. The van der Waals surface area contributed by atoms with Gasteiger partial charge >= 0.3 is 0 Å². The average Bonchev–Trinajstić information content (AvgIpc) is 3.40. The number of carbonyl (C=O) groups excluding carboxylic acids is 1. The van der Waals surface area contributed by atoms with Gasteiger partial charge in [-0.05, 0) is 59.7 Å². The Morgan fingerprint density at radius 3 is 2.81 bits per heavy atom. The van der Waals surface area contributed by atoms with Gasteiger partial charge < -0.3 is 5.32 Å². The fraction of sp³-hybridized carbons (Fsp3) is 0.263. The number of hydrogen-bond donors (Lipinski definition) is 1. The Labute approximate surface area is 166 Å². The van der Waals surface area contributed by atoms with Crippen LogP contribution in [0.1, 0.15) is 25.3 Å². The molecule has 1 heterocycles. The topological polar surface area (TPSA) is 72.7 Å². The minimum Gasteiger partial charge on any atom is -0.326 e. The van der Waals surface area contributed by atoms with Crippen LogP contribution in [0.3, 0.4) is 0 Å². The molecule has 1 fully saturated rings. The molecule has 1 aliphatic carbocycles. The van der Waals surface area contributed by atoms with Crippen molar-refractivity contribution in [2.45, 2.75) is 30.2 Å². The van der Waals surface area contributed by atoms with Gasteiger partial charge in [0.25, 0.3) is 0 Å². The summed E-state index contributed by atoms with van der Waals surface area (Å²) in [5.74, 6) is 1.43. The van der Waals surface area contributed by atoms with Gasteiger partial charge in [0, 0.05) is 33.3 Å². The van der Waals surface area contributed by atoms with E-state index >= 15 is 0 Å². The largest absolute Gasteiger partial charge is 0.326 e. The number of thioether (sulfide) groups is 1. The van der Waals surface area contributed by atoms with Crippen molar-refractivity contribution in [2.24, 2.45) is 0 Å². The number of carbonyl (C=O) groups is 1. The van der Waals surface area contributed by atoms with Crippen molar-refractivity contribution in [3.8, 4) is 11.4 Å². The number of amides is 1. The van der Waals surface area contributed by atoms with Gasteiger partial charge in [0.1, 0.15) is 0 Å². The van der Waals surface area contributed by atoms with Crippen LogP contribution in [0.2, 0.25) is 5.02 Å². The van der Waals surface area contributed by atoms with E-state index in [1.165, 1.54) is 0 Å². The standard InChI is InChI=1S/C19H18ClN5OS/c20-14-4-8-17(9-5-14)27-11-10-18(26)21-15-3-1-2-13(12-15)19-22-23-24-25(19)16-6-7-16/h1-5,8-9,12,16H,6-7,10-11H2,(H,21,26). The molecule has 1 N–H and O–H groups in total. The van der Waals surface area contributed by atoms with Gasteiger partial charge in [-0.25, -0.2) is 4.68 Å². The fourth-order valence-corrected chi connectivity index (χ4v) is 3.68. The molecule has 27 heavy (non-hydrogen) atoms. The normalized spacial score (nSPS) is 13.5. The molecular formula is C19H18ClN5OS. The summed E-state index contributed by atoms with van der Waals surface area (Å²) in [6, 6.07) is 15.7. The van der Waals surface area contributed by atoms with E-state index in [-0.39, 0.29) is 5.91 Å². The van der Waals surface area contributed by atoms with Crippen LogP contribution in [0.5, 0.6) is 0 Å². The minimum absolute atomic E-state index is 0.0181. The molecule has 0 atom stereocenters. The van der Waals surface area contributed by atoms with E-state index in [9.17, 15) is 4.79 Å². The van der Waals surface area contributed by atoms with Crippen LogP contribution in [-0.2, 0) is 4.79 Å². The first-order valence-corrected chi connectivity index (χ1v) is 10.1. The second-order valence-electron chi connectivity index (χ2n) is 6.36. The fourth-order valence-electron chi connectivity index (χ4n) is 2.70. The number of hydrogen-bond acceptors (Lipinski definition) is 5. The van der Waals surface area contributed by atoms with Crippen LogP contribution in [0.4, 0.5) is 5.69 Å². The molecule has 1 aliphatic rings. The van der Waals surface area contributed by atoms with Gasteiger partial charge in [-0.1, -0.05) is 23.7 Å². The molecule has 1 saturated carbocycles. The number of rotatable bonds is 7. The van der Waals surface area contributed by atoms with Gasteiger partial charge in [0.2, 0.25) is 5.91 Å². The Balaban J connectivity index is 1.34. The molecule has 0 radical (unpaired) electrons. The first kappa shape index (κ1) is 18.0. The Morgan fingerprint density at radius 1 is 1.22 bits per heavy atom. The van der Waals surface area contributed by atoms with E-state index in [0.29, 0.717) is 23.2 Å². The highest BCUT2D eigenvalue weighted by molar-refractivity contribution is 7.99. The van der Waals surface area contributed by atoms with Crippen molar-refractivity contribution in [3.05, 3.63) is 53.6 Å². The number of benzene rings is 2. The summed E-state index contributed by atoms with van der Waals surface area (Å²) in [6.07, 6.45) is 2.65. The van der Waals surface area contributed by atoms with Crippen molar-refractivity contribution >= 4 is 35.0 Å². The lowest BCUT2D eigenvalue weighted by molar-refractivity contribution is -0.115. The van der Waals surface area contributed by atoms with Crippen molar-refractivity contribution in [2.75, 3.05) is 11.1 Å². The smallest absolute Gasteiger partial charge is 0.225 e. The second-order valence-corrected chi connectivity index (χ2v) is 7.96. The second kappa shape index (κ2) is 8.10. The van der Waals surface area contributed by atoms with Crippen LogP contribution >= 0.6 is 23.4 Å². The molecule has 4 rings (SSSR count). The monoisotopic (exact) mass is 399 g/mol. The highest BCUT2D eigenvalue weighted by Gasteiger charge is 2.28. The highest BCUT2D eigenvalue weighted by atomic mass is 35.5. The molecule has 3 aromatic rings. The Hall–Kier alpha value is -2.38. The Morgan fingerprint density at radius 2 is 2.04 bits per heavy atom. The lowest BCUT2D eigenvalue weighted by atomic mass is 10.2. The number of aromatic nitrogens is 4. The van der Waals surface area contributed by atoms with Crippen molar-refractivity contribution in [3.63, 3.8) is 0 Å². The Kier molecular flexibility index (Phi) is 5.40. The number of tetrazole rings is 1. The first-order valence-electron chi connectivity index (χ1n) is 8.75. The maximum Gasteiger partial charge on any atom is 0.225 e. The van der Waals surface area contributed by atoms with Gasteiger partial charge in [-0.2, -0.15) is 0 Å². The summed E-state index contributed by atoms with van der Waals surface area (Å²) < 4.78 is 1.86. The number of halogens is 1. The summed E-state index contributed by atoms with van der Waals surface area (Å²) in [5, 5.41) is 15.7. The van der Waals surface area contributed by atoms with Gasteiger partial charge in [-0.15, -0.1) is 16.9 Å². The van der Waals surface area contributed by atoms with Gasteiger partial charge in [0.15, 0.2) is 5.82 Å². The molecule has 138 valence electrons. The SMILES string of the molecule is O=C(CCSc1ccc(Cl)cc1)Nc1cccc(-c2nnnn2C2CC2)c1. The first-order chi connectivity index (χ1) is 13.2. The Bertz CT molecular complexity index is 939. The lowest BCUT2D eigenvalue weighted by Gasteiger charge is -2.08. The third-order valence-electron chi connectivity index (χ3n) is 4.20. The van der Waals surface area contributed by atoms with Crippen molar-refractivity contribution in [1.29, 1.82) is 0 Å². The number of nitrogens with one attached hydrogen (secondary N) is 1. The van der Waals surface area contributed by atoms with Crippen molar-refractivity contribution < 1.29 is 4.79 Å². The molecule has 0 unspecified atom stereocenters. The third-order valence-corrected chi connectivity index (χ3v) is 5.47. The maximum atomic E-state index is 12.2. The summed E-state index contributed by atoms with van der Waals surface area (Å²) in [5.41, 5.74) is 1.65. The predicted molar refractivity (Wildman–Crippen MR) is 107 cm³/mol. The summed E-state index contributed by atoms with van der Waals surface area (Å²) >= 11 is 7.51. The quantitative estimate of drug-likeness (QED) is 0.594. The zero-order chi connectivity index (χ0) is 18.6.